The summed E-state index contributed by atoms with van der Waals surface area (Å²) in [7, 11) is 0. The fourth-order valence-corrected chi connectivity index (χ4v) is 0.349. The van der Waals surface area contributed by atoms with E-state index in [1.54, 1.807) is 0 Å². The summed E-state index contributed by atoms with van der Waals surface area (Å²) in [4.78, 5) is 19.8. The number of carboxylic acid groups (broad SMARTS) is 2. The van der Waals surface area contributed by atoms with Crippen LogP contribution in [0.15, 0.2) is 0 Å². The Labute approximate surface area is 57.6 Å². The SMILES string of the molecule is CC(CC(=O)O)C(=O)O.O. The number of carbonyl (C=O) groups is 2. The molecule has 1 atom stereocenters. The summed E-state index contributed by atoms with van der Waals surface area (Å²) < 4.78 is 0. The average Bonchev–Trinajstić information content (AvgIpc) is 1.63. The van der Waals surface area contributed by atoms with E-state index in [1.807, 2.05) is 0 Å². The van der Waals surface area contributed by atoms with Crippen molar-refractivity contribution in [1.82, 2.24) is 0 Å². The highest BCUT2D eigenvalue weighted by molar-refractivity contribution is 5.77. The van der Waals surface area contributed by atoms with E-state index < -0.39 is 17.9 Å². The van der Waals surface area contributed by atoms with Crippen LogP contribution in [0.5, 0.6) is 0 Å². The summed E-state index contributed by atoms with van der Waals surface area (Å²) in [6.45, 7) is 1.36. The van der Waals surface area contributed by atoms with E-state index in [-0.39, 0.29) is 11.9 Å². The lowest BCUT2D eigenvalue weighted by Gasteiger charge is -1.98. The van der Waals surface area contributed by atoms with Crippen LogP contribution in [0.1, 0.15) is 13.3 Å². The number of hydrogen-bond acceptors (Lipinski definition) is 2. The minimum atomic E-state index is -1.08. The molecule has 0 rings (SSSR count). The maximum atomic E-state index is 9.97. The standard InChI is InChI=1S/C5H8O4.H2O/c1-3(5(8)9)2-4(6)7;/h3H,2H2,1H3,(H,6,7)(H,8,9);1H2. The quantitative estimate of drug-likeness (QED) is 0.557. The van der Waals surface area contributed by atoms with Crippen LogP contribution in [-0.4, -0.2) is 27.6 Å². The molecule has 0 radical (unpaired) electrons. The van der Waals surface area contributed by atoms with Crippen molar-refractivity contribution in [2.24, 2.45) is 5.92 Å². The van der Waals surface area contributed by atoms with E-state index >= 15 is 0 Å². The third-order valence-electron chi connectivity index (χ3n) is 0.902. The molecular formula is C5H10O5. The zero-order chi connectivity index (χ0) is 7.44. The van der Waals surface area contributed by atoms with Gasteiger partial charge >= 0.3 is 11.9 Å². The van der Waals surface area contributed by atoms with Crippen molar-refractivity contribution in [3.8, 4) is 0 Å². The summed E-state index contributed by atoms with van der Waals surface area (Å²) in [5.41, 5.74) is 0. The van der Waals surface area contributed by atoms with E-state index in [9.17, 15) is 9.59 Å². The summed E-state index contributed by atoms with van der Waals surface area (Å²) in [6.07, 6.45) is -0.310. The monoisotopic (exact) mass is 150 g/mol. The van der Waals surface area contributed by atoms with Crippen LogP contribution in [0.3, 0.4) is 0 Å². The minimum Gasteiger partial charge on any atom is -0.481 e. The Balaban J connectivity index is 0. The zero-order valence-corrected chi connectivity index (χ0v) is 5.50. The van der Waals surface area contributed by atoms with Crippen molar-refractivity contribution in [1.29, 1.82) is 0 Å². The Bertz CT molecular complexity index is 130. The van der Waals surface area contributed by atoms with Crippen LogP contribution < -0.4 is 0 Å². The van der Waals surface area contributed by atoms with Gasteiger partial charge in [-0.15, -0.1) is 0 Å². The molecule has 0 aliphatic rings. The van der Waals surface area contributed by atoms with E-state index in [0.717, 1.165) is 0 Å². The Morgan fingerprint density at radius 3 is 1.90 bits per heavy atom. The fourth-order valence-electron chi connectivity index (χ4n) is 0.349. The Kier molecular flexibility index (Phi) is 5.54. The van der Waals surface area contributed by atoms with Crippen LogP contribution in [0, 0.1) is 5.92 Å². The van der Waals surface area contributed by atoms with Gasteiger partial charge in [-0.2, -0.15) is 0 Å². The van der Waals surface area contributed by atoms with Gasteiger partial charge < -0.3 is 15.7 Å². The Hall–Kier alpha value is -1.10. The first kappa shape index (κ1) is 11.7. The lowest BCUT2D eigenvalue weighted by molar-refractivity contribution is -0.147. The summed E-state index contributed by atoms with van der Waals surface area (Å²) in [6, 6.07) is 0. The van der Waals surface area contributed by atoms with Crippen LogP contribution in [-0.2, 0) is 9.59 Å². The van der Waals surface area contributed by atoms with Crippen LogP contribution in [0.2, 0.25) is 0 Å². The molecule has 1 unspecified atom stereocenters. The van der Waals surface area contributed by atoms with Gasteiger partial charge in [-0.05, 0) is 0 Å². The minimum absolute atomic E-state index is 0. The molecule has 0 aliphatic carbocycles. The molecule has 4 N–H and O–H groups in total. The van der Waals surface area contributed by atoms with Gasteiger partial charge in [0.25, 0.3) is 0 Å². The van der Waals surface area contributed by atoms with Crippen molar-refractivity contribution in [3.05, 3.63) is 0 Å². The largest absolute Gasteiger partial charge is 0.481 e. The number of carboxylic acids is 2. The second kappa shape index (κ2) is 4.75. The normalized spacial score (nSPS) is 11.3. The van der Waals surface area contributed by atoms with Gasteiger partial charge in [-0.3, -0.25) is 9.59 Å². The summed E-state index contributed by atoms with van der Waals surface area (Å²) >= 11 is 0. The molecule has 10 heavy (non-hydrogen) atoms. The maximum Gasteiger partial charge on any atom is 0.306 e. The zero-order valence-electron chi connectivity index (χ0n) is 5.50. The highest BCUT2D eigenvalue weighted by Crippen LogP contribution is 1.99. The van der Waals surface area contributed by atoms with Gasteiger partial charge in [0.1, 0.15) is 0 Å². The topological polar surface area (TPSA) is 106 Å². The third-order valence-corrected chi connectivity index (χ3v) is 0.902. The molecule has 5 nitrogen and oxygen atoms in total. The van der Waals surface area contributed by atoms with Crippen LogP contribution in [0.4, 0.5) is 0 Å². The second-order valence-corrected chi connectivity index (χ2v) is 1.84. The van der Waals surface area contributed by atoms with Crippen LogP contribution >= 0.6 is 0 Å². The molecule has 0 saturated heterocycles. The molecule has 5 heteroatoms. The molecule has 0 fully saturated rings. The molecule has 0 aromatic heterocycles. The highest BCUT2D eigenvalue weighted by atomic mass is 16.4. The smallest absolute Gasteiger partial charge is 0.306 e. The van der Waals surface area contributed by atoms with Crippen molar-refractivity contribution >= 4 is 11.9 Å². The number of rotatable bonds is 3. The molecule has 0 amide bonds. The summed E-state index contributed by atoms with van der Waals surface area (Å²) in [5.74, 6) is -2.94. The van der Waals surface area contributed by atoms with Crippen molar-refractivity contribution in [2.75, 3.05) is 0 Å². The number of aliphatic carboxylic acids is 2. The molecule has 0 aliphatic heterocycles. The van der Waals surface area contributed by atoms with E-state index in [2.05, 4.69) is 0 Å². The molecule has 0 aromatic carbocycles. The Morgan fingerprint density at radius 1 is 1.40 bits per heavy atom. The van der Waals surface area contributed by atoms with Crippen molar-refractivity contribution in [2.45, 2.75) is 13.3 Å². The highest BCUT2D eigenvalue weighted by Gasteiger charge is 2.13. The van der Waals surface area contributed by atoms with Crippen molar-refractivity contribution < 1.29 is 25.3 Å². The fraction of sp³-hybridized carbons (Fsp3) is 0.600. The first-order chi connectivity index (χ1) is 4.04. The molecular weight excluding hydrogens is 140 g/mol. The predicted octanol–water partition coefficient (Wildman–Crippen LogP) is -0.643. The van der Waals surface area contributed by atoms with Gasteiger partial charge in [0.2, 0.25) is 0 Å². The lowest BCUT2D eigenvalue weighted by atomic mass is 10.1. The molecule has 0 heterocycles. The molecule has 0 spiro atoms. The van der Waals surface area contributed by atoms with Gasteiger partial charge in [0.05, 0.1) is 12.3 Å². The van der Waals surface area contributed by atoms with Gasteiger partial charge in [-0.1, -0.05) is 6.92 Å². The molecule has 60 valence electrons. The van der Waals surface area contributed by atoms with E-state index in [4.69, 9.17) is 10.2 Å². The van der Waals surface area contributed by atoms with E-state index in [0.29, 0.717) is 0 Å². The number of hydrogen-bond donors (Lipinski definition) is 2. The second-order valence-electron chi connectivity index (χ2n) is 1.84. The first-order valence-corrected chi connectivity index (χ1v) is 2.48. The summed E-state index contributed by atoms with van der Waals surface area (Å²) in [5, 5.41) is 16.2. The molecule has 0 saturated carbocycles. The van der Waals surface area contributed by atoms with Gasteiger partial charge in [-0.25, -0.2) is 0 Å². The molecule has 0 bridgehead atoms. The van der Waals surface area contributed by atoms with Crippen LogP contribution in [0.25, 0.3) is 0 Å². The third kappa shape index (κ3) is 5.04. The lowest BCUT2D eigenvalue weighted by Crippen LogP contribution is -2.13. The predicted molar refractivity (Wildman–Crippen MR) is 32.7 cm³/mol. The van der Waals surface area contributed by atoms with E-state index in [1.165, 1.54) is 6.92 Å². The molecule has 0 aromatic rings. The first-order valence-electron chi connectivity index (χ1n) is 2.48. The Morgan fingerprint density at radius 2 is 1.80 bits per heavy atom. The van der Waals surface area contributed by atoms with Crippen molar-refractivity contribution in [3.63, 3.8) is 0 Å². The van der Waals surface area contributed by atoms with Gasteiger partial charge in [0, 0.05) is 0 Å². The van der Waals surface area contributed by atoms with Gasteiger partial charge in [0.15, 0.2) is 0 Å². The maximum absolute atomic E-state index is 9.97. The average molecular weight is 150 g/mol.